The normalized spacial score (nSPS) is 10.8. The highest BCUT2D eigenvalue weighted by Gasteiger charge is 2.06. The topological polar surface area (TPSA) is 102 Å². The third kappa shape index (κ3) is 3.38. The lowest BCUT2D eigenvalue weighted by Crippen LogP contribution is -2.21. The first-order valence-electron chi connectivity index (χ1n) is 6.23. The molecular weight excluding hydrogens is 254 g/mol. The molecular formula is C14H17N5O. The highest BCUT2D eigenvalue weighted by Crippen LogP contribution is 2.23. The van der Waals surface area contributed by atoms with Crippen LogP contribution in [0.25, 0.3) is 5.69 Å². The molecule has 0 unspecified atom stereocenters. The Hall–Kier alpha value is -2.76. The molecule has 0 bridgehead atoms. The standard InChI is InChI=1S/C14H17N5O/c15-14(16)18-17-9-3-5-11-6-4-10-19(11)12-7-1-2-8-13(12)20/h1-2,4,6-10,20H,3,5H2,(H4,15,16,18). The number of phenols is 1. The summed E-state index contributed by atoms with van der Waals surface area (Å²) in [5, 5.41) is 17.2. The van der Waals surface area contributed by atoms with Gasteiger partial charge in [-0.25, -0.2) is 0 Å². The fourth-order valence-corrected chi connectivity index (χ4v) is 1.90. The molecule has 1 heterocycles. The van der Waals surface area contributed by atoms with Crippen LogP contribution in [0.2, 0.25) is 0 Å². The van der Waals surface area contributed by atoms with Crippen molar-refractivity contribution in [3.05, 3.63) is 48.3 Å². The number of aromatic nitrogens is 1. The lowest BCUT2D eigenvalue weighted by molar-refractivity contribution is 0.472. The molecule has 1 aromatic carbocycles. The van der Waals surface area contributed by atoms with Crippen LogP contribution < -0.4 is 11.5 Å². The average molecular weight is 271 g/mol. The number of benzene rings is 1. The number of guanidine groups is 1. The third-order valence-corrected chi connectivity index (χ3v) is 2.76. The predicted octanol–water partition coefficient (Wildman–Crippen LogP) is 1.37. The van der Waals surface area contributed by atoms with Gasteiger partial charge in [0.2, 0.25) is 5.96 Å². The Morgan fingerprint density at radius 1 is 1.20 bits per heavy atom. The Bertz CT molecular complexity index is 626. The lowest BCUT2D eigenvalue weighted by atomic mass is 10.2. The van der Waals surface area contributed by atoms with E-state index in [2.05, 4.69) is 10.2 Å². The average Bonchev–Trinajstić information content (AvgIpc) is 2.87. The van der Waals surface area contributed by atoms with Crippen LogP contribution in [0, 0.1) is 0 Å². The van der Waals surface area contributed by atoms with E-state index in [9.17, 15) is 5.11 Å². The van der Waals surface area contributed by atoms with Gasteiger partial charge >= 0.3 is 0 Å². The highest BCUT2D eigenvalue weighted by molar-refractivity contribution is 5.76. The fraction of sp³-hybridized carbons (Fsp3) is 0.143. The van der Waals surface area contributed by atoms with E-state index >= 15 is 0 Å². The first-order valence-corrected chi connectivity index (χ1v) is 6.23. The van der Waals surface area contributed by atoms with Crippen molar-refractivity contribution < 1.29 is 5.11 Å². The van der Waals surface area contributed by atoms with Gasteiger partial charge in [-0.1, -0.05) is 12.1 Å². The van der Waals surface area contributed by atoms with E-state index in [1.165, 1.54) is 0 Å². The van der Waals surface area contributed by atoms with Gasteiger partial charge in [-0.05, 0) is 37.1 Å². The van der Waals surface area contributed by atoms with E-state index in [1.54, 1.807) is 18.3 Å². The van der Waals surface area contributed by atoms with Gasteiger partial charge in [-0.2, -0.15) is 5.10 Å². The van der Waals surface area contributed by atoms with Crippen LogP contribution in [-0.2, 0) is 6.42 Å². The first kappa shape index (κ1) is 13.7. The van der Waals surface area contributed by atoms with Crippen molar-refractivity contribution in [1.29, 1.82) is 0 Å². The number of aryl methyl sites for hydroxylation is 1. The molecule has 0 aliphatic heterocycles. The number of hydrogen-bond acceptors (Lipinski definition) is 3. The predicted molar refractivity (Wildman–Crippen MR) is 80.1 cm³/mol. The van der Waals surface area contributed by atoms with Crippen LogP contribution in [0.3, 0.4) is 0 Å². The summed E-state index contributed by atoms with van der Waals surface area (Å²) >= 11 is 0. The Labute approximate surface area is 117 Å². The van der Waals surface area contributed by atoms with E-state index in [1.807, 2.05) is 35.0 Å². The summed E-state index contributed by atoms with van der Waals surface area (Å²) in [7, 11) is 0. The lowest BCUT2D eigenvalue weighted by Gasteiger charge is -2.10. The number of nitrogens with zero attached hydrogens (tertiary/aromatic N) is 3. The van der Waals surface area contributed by atoms with Crippen molar-refractivity contribution in [1.82, 2.24) is 4.57 Å². The number of rotatable bonds is 5. The van der Waals surface area contributed by atoms with Crippen LogP contribution in [0.15, 0.2) is 52.8 Å². The Balaban J connectivity index is 2.08. The van der Waals surface area contributed by atoms with Gasteiger partial charge in [0.1, 0.15) is 5.75 Å². The van der Waals surface area contributed by atoms with Crippen LogP contribution in [0.1, 0.15) is 12.1 Å². The van der Waals surface area contributed by atoms with Crippen LogP contribution in [-0.4, -0.2) is 21.8 Å². The molecule has 1 aromatic heterocycles. The zero-order valence-corrected chi connectivity index (χ0v) is 11.0. The first-order chi connectivity index (χ1) is 9.68. The molecule has 0 spiro atoms. The van der Waals surface area contributed by atoms with Crippen molar-refractivity contribution in [2.45, 2.75) is 12.8 Å². The Morgan fingerprint density at radius 3 is 2.75 bits per heavy atom. The minimum absolute atomic E-state index is 0.0566. The zero-order chi connectivity index (χ0) is 14.4. The van der Waals surface area contributed by atoms with E-state index in [-0.39, 0.29) is 11.7 Å². The number of para-hydroxylation sites is 2. The molecule has 0 aliphatic carbocycles. The summed E-state index contributed by atoms with van der Waals surface area (Å²) in [5.41, 5.74) is 12.2. The molecule has 0 saturated heterocycles. The van der Waals surface area contributed by atoms with Crippen molar-refractivity contribution in [2.24, 2.45) is 21.7 Å². The summed E-state index contributed by atoms with van der Waals surface area (Å²) in [4.78, 5) is 0. The third-order valence-electron chi connectivity index (χ3n) is 2.76. The van der Waals surface area contributed by atoms with E-state index in [0.717, 1.165) is 17.8 Å². The van der Waals surface area contributed by atoms with Gasteiger partial charge < -0.3 is 21.1 Å². The van der Waals surface area contributed by atoms with Crippen LogP contribution in [0.4, 0.5) is 0 Å². The van der Waals surface area contributed by atoms with E-state index in [0.29, 0.717) is 6.42 Å². The number of phenolic OH excluding ortho intramolecular Hbond substituents is 1. The monoisotopic (exact) mass is 271 g/mol. The molecule has 0 atom stereocenters. The largest absolute Gasteiger partial charge is 0.506 e. The molecule has 6 nitrogen and oxygen atoms in total. The maximum Gasteiger partial charge on any atom is 0.211 e. The van der Waals surface area contributed by atoms with Gasteiger partial charge in [-0.3, -0.25) is 0 Å². The van der Waals surface area contributed by atoms with Crippen LogP contribution in [0.5, 0.6) is 5.75 Å². The second kappa shape index (κ2) is 6.42. The Morgan fingerprint density at radius 2 is 2.00 bits per heavy atom. The smallest absolute Gasteiger partial charge is 0.211 e. The minimum Gasteiger partial charge on any atom is -0.506 e. The second-order valence-electron chi connectivity index (χ2n) is 4.22. The molecule has 5 N–H and O–H groups in total. The zero-order valence-electron chi connectivity index (χ0n) is 11.0. The SMILES string of the molecule is NC(N)=NN=CCCc1cccn1-c1ccccc1O. The van der Waals surface area contributed by atoms with Gasteiger partial charge in [0.05, 0.1) is 5.69 Å². The van der Waals surface area contributed by atoms with Crippen LogP contribution >= 0.6 is 0 Å². The summed E-state index contributed by atoms with van der Waals surface area (Å²) < 4.78 is 1.95. The van der Waals surface area contributed by atoms with Crippen molar-refractivity contribution in [3.63, 3.8) is 0 Å². The summed E-state index contributed by atoms with van der Waals surface area (Å²) in [5.74, 6) is 0.193. The van der Waals surface area contributed by atoms with Gasteiger partial charge in [0.25, 0.3) is 0 Å². The minimum atomic E-state index is -0.0566. The molecule has 2 aromatic rings. The van der Waals surface area contributed by atoms with Crippen molar-refractivity contribution in [3.8, 4) is 11.4 Å². The molecule has 6 heteroatoms. The quantitative estimate of drug-likeness (QED) is 0.435. The van der Waals surface area contributed by atoms with E-state index < -0.39 is 0 Å². The van der Waals surface area contributed by atoms with Gasteiger partial charge in [-0.15, -0.1) is 5.10 Å². The molecule has 2 rings (SSSR count). The summed E-state index contributed by atoms with van der Waals surface area (Å²) in [6.07, 6.45) is 5.04. The van der Waals surface area contributed by atoms with Gasteiger partial charge in [0, 0.05) is 18.1 Å². The van der Waals surface area contributed by atoms with Crippen molar-refractivity contribution >= 4 is 12.2 Å². The molecule has 0 radical (unpaired) electrons. The molecule has 0 amide bonds. The number of nitrogens with two attached hydrogens (primary N) is 2. The fourth-order valence-electron chi connectivity index (χ4n) is 1.90. The molecule has 0 aliphatic rings. The number of aromatic hydroxyl groups is 1. The Kier molecular flexibility index (Phi) is 4.39. The molecule has 0 fully saturated rings. The summed E-state index contributed by atoms with van der Waals surface area (Å²) in [6, 6.07) is 11.2. The molecule has 0 saturated carbocycles. The number of hydrogen-bond donors (Lipinski definition) is 3. The summed E-state index contributed by atoms with van der Waals surface area (Å²) in [6.45, 7) is 0. The highest BCUT2D eigenvalue weighted by atomic mass is 16.3. The molecule has 104 valence electrons. The second-order valence-corrected chi connectivity index (χ2v) is 4.22. The maximum absolute atomic E-state index is 9.88. The van der Waals surface area contributed by atoms with E-state index in [4.69, 9.17) is 11.5 Å². The van der Waals surface area contributed by atoms with Crippen molar-refractivity contribution in [2.75, 3.05) is 0 Å². The molecule has 20 heavy (non-hydrogen) atoms. The van der Waals surface area contributed by atoms with Gasteiger partial charge in [0.15, 0.2) is 0 Å². The maximum atomic E-state index is 9.88.